The Bertz CT molecular complexity index is 430. The fourth-order valence-electron chi connectivity index (χ4n) is 4.48. The maximum Gasteiger partial charge on any atom is 0.218 e. The van der Waals surface area contributed by atoms with Gasteiger partial charge in [-0.15, -0.1) is 11.6 Å². The van der Waals surface area contributed by atoms with Gasteiger partial charge < -0.3 is 9.47 Å². The van der Waals surface area contributed by atoms with Gasteiger partial charge in [0.1, 0.15) is 6.17 Å². The Morgan fingerprint density at radius 2 is 1.58 bits per heavy atom. The first-order chi connectivity index (χ1) is 11.5. The highest BCUT2D eigenvalue weighted by Crippen LogP contribution is 2.38. The summed E-state index contributed by atoms with van der Waals surface area (Å²) in [5.74, 6) is 1.11. The summed E-state index contributed by atoms with van der Waals surface area (Å²) < 4.78 is 25.6. The second kappa shape index (κ2) is 8.01. The van der Waals surface area contributed by atoms with E-state index in [2.05, 4.69) is 6.92 Å². The molecule has 1 aliphatic heterocycles. The van der Waals surface area contributed by atoms with E-state index >= 15 is 0 Å². The minimum atomic E-state index is -1.13. The number of hydrogen-bond donors (Lipinski definition) is 0. The molecule has 4 atom stereocenters. The highest BCUT2D eigenvalue weighted by atomic mass is 35.5. The van der Waals surface area contributed by atoms with E-state index in [1.165, 1.54) is 25.7 Å². The van der Waals surface area contributed by atoms with Crippen molar-refractivity contribution >= 4 is 17.4 Å². The van der Waals surface area contributed by atoms with E-state index in [0.717, 1.165) is 5.92 Å². The lowest BCUT2D eigenvalue weighted by Gasteiger charge is -2.39. The predicted molar refractivity (Wildman–Crippen MR) is 91.7 cm³/mol. The molecule has 3 aliphatic rings. The predicted octanol–water partition coefficient (Wildman–Crippen LogP) is 4.36. The third kappa shape index (κ3) is 3.96. The van der Waals surface area contributed by atoms with E-state index in [4.69, 9.17) is 21.1 Å². The SMILES string of the molecule is CC1CCC(C2COC(C(=O)C3CCC(C)C(F)C3Cl)OC2)CC1. The molecule has 3 rings (SSSR count). The first kappa shape index (κ1) is 18.6. The summed E-state index contributed by atoms with van der Waals surface area (Å²) in [5.41, 5.74) is 0. The molecule has 138 valence electrons. The number of alkyl halides is 2. The fourth-order valence-corrected chi connectivity index (χ4v) is 4.98. The number of carbonyl (C=O) groups excluding carboxylic acids is 1. The molecule has 3 nitrogen and oxygen atoms in total. The van der Waals surface area contributed by atoms with Crippen molar-refractivity contribution in [3.63, 3.8) is 0 Å². The molecule has 0 radical (unpaired) electrons. The van der Waals surface area contributed by atoms with E-state index in [0.29, 0.717) is 37.9 Å². The number of ketones is 1. The van der Waals surface area contributed by atoms with Gasteiger partial charge in [0.05, 0.1) is 18.6 Å². The van der Waals surface area contributed by atoms with Gasteiger partial charge in [-0.1, -0.05) is 26.7 Å². The highest BCUT2D eigenvalue weighted by molar-refractivity contribution is 6.22. The van der Waals surface area contributed by atoms with Crippen LogP contribution in [0.15, 0.2) is 0 Å². The summed E-state index contributed by atoms with van der Waals surface area (Å²) in [5, 5.41) is -0.758. The van der Waals surface area contributed by atoms with Crippen molar-refractivity contribution in [2.45, 2.75) is 70.2 Å². The monoisotopic (exact) mass is 360 g/mol. The van der Waals surface area contributed by atoms with E-state index in [1.807, 2.05) is 6.92 Å². The molecule has 3 fully saturated rings. The van der Waals surface area contributed by atoms with Gasteiger partial charge in [0, 0.05) is 11.8 Å². The van der Waals surface area contributed by atoms with Crippen LogP contribution in [0.2, 0.25) is 0 Å². The summed E-state index contributed by atoms with van der Waals surface area (Å²) in [6.07, 6.45) is 4.34. The van der Waals surface area contributed by atoms with Crippen LogP contribution in [0.5, 0.6) is 0 Å². The van der Waals surface area contributed by atoms with Crippen LogP contribution < -0.4 is 0 Å². The Morgan fingerprint density at radius 1 is 0.958 bits per heavy atom. The maximum atomic E-state index is 14.1. The Labute approximate surface area is 149 Å². The Morgan fingerprint density at radius 3 is 2.21 bits per heavy atom. The van der Waals surface area contributed by atoms with Crippen LogP contribution in [0, 0.1) is 29.6 Å². The van der Waals surface area contributed by atoms with Gasteiger partial charge in [0.25, 0.3) is 0 Å². The van der Waals surface area contributed by atoms with Crippen LogP contribution >= 0.6 is 11.6 Å². The van der Waals surface area contributed by atoms with Crippen molar-refractivity contribution in [3.05, 3.63) is 0 Å². The quantitative estimate of drug-likeness (QED) is 0.701. The van der Waals surface area contributed by atoms with Gasteiger partial charge in [-0.2, -0.15) is 0 Å². The van der Waals surface area contributed by atoms with Crippen LogP contribution in [-0.4, -0.2) is 36.8 Å². The molecule has 1 heterocycles. The summed E-state index contributed by atoms with van der Waals surface area (Å²) in [4.78, 5) is 12.6. The second-order valence-corrected chi connectivity index (χ2v) is 8.73. The standard InChI is InChI=1S/C19H30ClFO3/c1-11-3-6-13(7-4-11)14-9-23-19(24-10-14)18(22)15-8-5-12(2)17(21)16(15)20/h11-17,19H,3-10H2,1-2H3. The van der Waals surface area contributed by atoms with Gasteiger partial charge in [-0.3, -0.25) is 4.79 Å². The van der Waals surface area contributed by atoms with Crippen LogP contribution in [0.4, 0.5) is 4.39 Å². The van der Waals surface area contributed by atoms with Crippen LogP contribution in [0.3, 0.4) is 0 Å². The number of Topliss-reactive ketones (excluding diaryl/α,β-unsaturated/α-hetero) is 1. The van der Waals surface area contributed by atoms with Gasteiger partial charge in [0.15, 0.2) is 5.78 Å². The second-order valence-electron chi connectivity index (χ2n) is 8.23. The molecular formula is C19H30ClFO3. The molecule has 2 aliphatic carbocycles. The molecule has 0 aromatic carbocycles. The smallest absolute Gasteiger partial charge is 0.218 e. The third-order valence-electron chi connectivity index (χ3n) is 6.41. The van der Waals surface area contributed by atoms with Crippen LogP contribution in [0.25, 0.3) is 0 Å². The largest absolute Gasteiger partial charge is 0.346 e. The minimum Gasteiger partial charge on any atom is -0.346 e. The van der Waals surface area contributed by atoms with Crippen LogP contribution in [0.1, 0.15) is 52.4 Å². The molecule has 2 saturated carbocycles. The summed E-state index contributed by atoms with van der Waals surface area (Å²) >= 11 is 6.20. The van der Waals surface area contributed by atoms with Crippen molar-refractivity contribution in [2.24, 2.45) is 29.6 Å². The van der Waals surface area contributed by atoms with Gasteiger partial charge >= 0.3 is 0 Å². The van der Waals surface area contributed by atoms with E-state index in [9.17, 15) is 9.18 Å². The van der Waals surface area contributed by atoms with Crippen molar-refractivity contribution in [1.29, 1.82) is 0 Å². The molecule has 24 heavy (non-hydrogen) atoms. The summed E-state index contributed by atoms with van der Waals surface area (Å²) in [6.45, 7) is 5.31. The lowest BCUT2D eigenvalue weighted by atomic mass is 9.76. The van der Waals surface area contributed by atoms with Gasteiger partial charge in [0.2, 0.25) is 6.29 Å². The number of halogens is 2. The lowest BCUT2D eigenvalue weighted by Crippen LogP contribution is -2.48. The highest BCUT2D eigenvalue weighted by Gasteiger charge is 2.44. The first-order valence-corrected chi connectivity index (χ1v) is 9.96. The summed E-state index contributed by atoms with van der Waals surface area (Å²) in [7, 11) is 0. The average molecular weight is 361 g/mol. The zero-order valence-corrected chi connectivity index (χ0v) is 15.5. The Hall–Kier alpha value is -0.190. The molecule has 0 aromatic rings. The molecule has 0 spiro atoms. The average Bonchev–Trinajstić information content (AvgIpc) is 2.60. The molecule has 0 bridgehead atoms. The number of hydrogen-bond acceptors (Lipinski definition) is 3. The fraction of sp³-hybridized carbons (Fsp3) is 0.947. The molecule has 0 aromatic heterocycles. The molecule has 5 heteroatoms. The number of ether oxygens (including phenoxy) is 2. The maximum absolute atomic E-state index is 14.1. The van der Waals surface area contributed by atoms with E-state index in [-0.39, 0.29) is 11.7 Å². The lowest BCUT2D eigenvalue weighted by molar-refractivity contribution is -0.213. The third-order valence-corrected chi connectivity index (χ3v) is 6.96. The zero-order valence-electron chi connectivity index (χ0n) is 14.8. The number of carbonyl (C=O) groups is 1. The van der Waals surface area contributed by atoms with Gasteiger partial charge in [-0.05, 0) is 43.4 Å². The van der Waals surface area contributed by atoms with E-state index < -0.39 is 23.8 Å². The molecule has 1 saturated heterocycles. The zero-order chi connectivity index (χ0) is 17.3. The minimum absolute atomic E-state index is 0.0807. The topological polar surface area (TPSA) is 35.5 Å². The van der Waals surface area contributed by atoms with Crippen molar-refractivity contribution in [1.82, 2.24) is 0 Å². The van der Waals surface area contributed by atoms with Crippen LogP contribution in [-0.2, 0) is 14.3 Å². The molecule has 4 unspecified atom stereocenters. The molecular weight excluding hydrogens is 331 g/mol. The Balaban J connectivity index is 1.50. The van der Waals surface area contributed by atoms with Gasteiger partial charge in [-0.25, -0.2) is 4.39 Å². The van der Waals surface area contributed by atoms with Crippen molar-refractivity contribution in [3.8, 4) is 0 Å². The Kier molecular flexibility index (Phi) is 6.20. The van der Waals surface area contributed by atoms with Crippen molar-refractivity contribution in [2.75, 3.05) is 13.2 Å². The van der Waals surface area contributed by atoms with Crippen molar-refractivity contribution < 1.29 is 18.7 Å². The number of rotatable bonds is 3. The first-order valence-electron chi connectivity index (χ1n) is 9.52. The van der Waals surface area contributed by atoms with E-state index in [1.54, 1.807) is 0 Å². The normalized spacial score (nSPS) is 47.3. The molecule has 0 amide bonds. The molecule has 0 N–H and O–H groups in total. The summed E-state index contributed by atoms with van der Waals surface area (Å²) in [6, 6.07) is 0.